The summed E-state index contributed by atoms with van der Waals surface area (Å²) in [6, 6.07) is 11.8. The Morgan fingerprint density at radius 3 is 2.38 bits per heavy atom. The van der Waals surface area contributed by atoms with Gasteiger partial charge in [0.15, 0.2) is 0 Å². The molecular weight excluding hydrogens is 218 g/mol. The minimum absolute atomic E-state index is 0. The lowest BCUT2D eigenvalue weighted by atomic mass is 9.59. The van der Waals surface area contributed by atoms with Gasteiger partial charge >= 0.3 is 0 Å². The van der Waals surface area contributed by atoms with Crippen molar-refractivity contribution in [3.63, 3.8) is 0 Å². The van der Waals surface area contributed by atoms with Gasteiger partial charge in [-0.15, -0.1) is 12.4 Å². The van der Waals surface area contributed by atoms with E-state index in [-0.39, 0.29) is 12.4 Å². The predicted molar refractivity (Wildman–Crippen MR) is 72.4 cm³/mol. The van der Waals surface area contributed by atoms with Gasteiger partial charge in [-0.25, -0.2) is 0 Å². The number of hydrogen-bond donors (Lipinski definition) is 1. The van der Waals surface area contributed by atoms with Crippen LogP contribution in [0.3, 0.4) is 0 Å². The monoisotopic (exact) mass is 239 g/mol. The molecule has 0 saturated heterocycles. The van der Waals surface area contributed by atoms with E-state index < -0.39 is 0 Å². The maximum absolute atomic E-state index is 3.38. The molecule has 0 spiro atoms. The van der Waals surface area contributed by atoms with Crippen molar-refractivity contribution in [1.82, 2.24) is 5.32 Å². The average molecular weight is 240 g/mol. The van der Waals surface area contributed by atoms with Crippen LogP contribution < -0.4 is 5.32 Å². The van der Waals surface area contributed by atoms with Gasteiger partial charge in [-0.3, -0.25) is 0 Å². The van der Waals surface area contributed by atoms with Gasteiger partial charge < -0.3 is 5.32 Å². The summed E-state index contributed by atoms with van der Waals surface area (Å²) < 4.78 is 0. The summed E-state index contributed by atoms with van der Waals surface area (Å²) >= 11 is 0. The van der Waals surface area contributed by atoms with Gasteiger partial charge in [0.05, 0.1) is 0 Å². The topological polar surface area (TPSA) is 12.0 Å². The fourth-order valence-corrected chi connectivity index (χ4v) is 2.94. The van der Waals surface area contributed by atoms with Crippen LogP contribution in [0, 0.1) is 0 Å². The first kappa shape index (κ1) is 13.5. The smallest absolute Gasteiger partial charge is 0.00810 e. The molecule has 1 aliphatic carbocycles. The molecule has 1 nitrogen and oxygen atoms in total. The first-order valence-corrected chi connectivity index (χ1v) is 6.03. The molecule has 1 aromatic carbocycles. The molecule has 0 heterocycles. The summed E-state index contributed by atoms with van der Waals surface area (Å²) in [4.78, 5) is 0. The molecule has 1 aliphatic rings. The molecule has 0 unspecified atom stereocenters. The van der Waals surface area contributed by atoms with Crippen molar-refractivity contribution in [3.8, 4) is 0 Å². The minimum atomic E-state index is 0. The average Bonchev–Trinajstić information content (AvgIpc) is 2.24. The van der Waals surface area contributed by atoms with Gasteiger partial charge in [-0.05, 0) is 37.3 Å². The summed E-state index contributed by atoms with van der Waals surface area (Å²) in [5, 5.41) is 3.38. The Balaban J connectivity index is 0.00000128. The van der Waals surface area contributed by atoms with E-state index in [0.717, 1.165) is 6.04 Å². The third-order valence-electron chi connectivity index (χ3n) is 3.80. The third-order valence-corrected chi connectivity index (χ3v) is 3.80. The Bertz CT molecular complexity index is 304. The second-order valence-corrected chi connectivity index (χ2v) is 4.79. The van der Waals surface area contributed by atoms with Crippen LogP contribution in [0.4, 0.5) is 0 Å². The van der Waals surface area contributed by atoms with Crippen LogP contribution in [0.15, 0.2) is 30.3 Å². The van der Waals surface area contributed by atoms with Crippen LogP contribution in [0.1, 0.15) is 38.2 Å². The standard InChI is InChI=1S/C14H21N.ClH/c1-3-9-14(10-13(11-14)15-2)12-7-5-4-6-8-12;/h4-8,13,15H,3,9-11H2,1-2H3;1H. The molecule has 0 atom stereocenters. The van der Waals surface area contributed by atoms with Crippen molar-refractivity contribution in [2.75, 3.05) is 7.05 Å². The number of halogens is 1. The van der Waals surface area contributed by atoms with E-state index in [9.17, 15) is 0 Å². The van der Waals surface area contributed by atoms with E-state index in [1.165, 1.54) is 25.7 Å². The SMILES string of the molecule is CCCC1(c2ccccc2)CC(NC)C1.Cl. The highest BCUT2D eigenvalue weighted by molar-refractivity contribution is 5.85. The minimum Gasteiger partial charge on any atom is -0.317 e. The normalized spacial score (nSPS) is 28.0. The maximum atomic E-state index is 3.38. The van der Waals surface area contributed by atoms with E-state index in [2.05, 4.69) is 49.6 Å². The van der Waals surface area contributed by atoms with Crippen LogP contribution in [-0.2, 0) is 5.41 Å². The lowest BCUT2D eigenvalue weighted by molar-refractivity contribution is 0.164. The van der Waals surface area contributed by atoms with Crippen LogP contribution in [-0.4, -0.2) is 13.1 Å². The van der Waals surface area contributed by atoms with Crippen molar-refractivity contribution in [2.45, 2.75) is 44.1 Å². The fraction of sp³-hybridized carbons (Fsp3) is 0.571. The van der Waals surface area contributed by atoms with Gasteiger partial charge in [0.2, 0.25) is 0 Å². The van der Waals surface area contributed by atoms with Gasteiger partial charge in [0.1, 0.15) is 0 Å². The van der Waals surface area contributed by atoms with Crippen molar-refractivity contribution in [1.29, 1.82) is 0 Å². The molecule has 0 bridgehead atoms. The fourth-order valence-electron chi connectivity index (χ4n) is 2.94. The molecule has 16 heavy (non-hydrogen) atoms. The molecule has 2 heteroatoms. The van der Waals surface area contributed by atoms with Crippen molar-refractivity contribution >= 4 is 12.4 Å². The Kier molecular flexibility index (Phi) is 4.82. The molecule has 0 aromatic heterocycles. The summed E-state index contributed by atoms with van der Waals surface area (Å²) in [6.45, 7) is 2.29. The molecule has 0 amide bonds. The Morgan fingerprint density at radius 1 is 1.25 bits per heavy atom. The molecule has 1 fully saturated rings. The Morgan fingerprint density at radius 2 is 1.88 bits per heavy atom. The quantitative estimate of drug-likeness (QED) is 0.848. The van der Waals surface area contributed by atoms with Gasteiger partial charge in [0, 0.05) is 6.04 Å². The second-order valence-electron chi connectivity index (χ2n) is 4.79. The van der Waals surface area contributed by atoms with Gasteiger partial charge in [-0.1, -0.05) is 43.7 Å². The van der Waals surface area contributed by atoms with E-state index >= 15 is 0 Å². The maximum Gasteiger partial charge on any atom is 0.00810 e. The van der Waals surface area contributed by atoms with E-state index in [4.69, 9.17) is 0 Å². The van der Waals surface area contributed by atoms with Gasteiger partial charge in [0.25, 0.3) is 0 Å². The Hall–Kier alpha value is -0.530. The molecule has 0 aliphatic heterocycles. The first-order valence-electron chi connectivity index (χ1n) is 6.03. The molecule has 1 N–H and O–H groups in total. The second kappa shape index (κ2) is 5.70. The van der Waals surface area contributed by atoms with Crippen molar-refractivity contribution < 1.29 is 0 Å². The van der Waals surface area contributed by atoms with Crippen LogP contribution in [0.2, 0.25) is 0 Å². The Labute approximate surface area is 105 Å². The summed E-state index contributed by atoms with van der Waals surface area (Å²) in [5.74, 6) is 0. The van der Waals surface area contributed by atoms with E-state index in [1.54, 1.807) is 5.56 Å². The van der Waals surface area contributed by atoms with Crippen LogP contribution in [0.5, 0.6) is 0 Å². The summed E-state index contributed by atoms with van der Waals surface area (Å²) in [5.41, 5.74) is 2.02. The van der Waals surface area contributed by atoms with Gasteiger partial charge in [-0.2, -0.15) is 0 Å². The molecule has 1 aromatic rings. The highest BCUT2D eigenvalue weighted by Gasteiger charge is 2.43. The molecular formula is C14H22ClN. The zero-order chi connectivity index (χ0) is 10.7. The number of nitrogens with one attached hydrogen (secondary N) is 1. The highest BCUT2D eigenvalue weighted by atomic mass is 35.5. The molecule has 2 rings (SSSR count). The summed E-state index contributed by atoms with van der Waals surface area (Å²) in [7, 11) is 2.07. The zero-order valence-electron chi connectivity index (χ0n) is 10.2. The molecule has 1 saturated carbocycles. The highest BCUT2D eigenvalue weighted by Crippen LogP contribution is 2.47. The first-order chi connectivity index (χ1) is 7.30. The molecule has 0 radical (unpaired) electrons. The van der Waals surface area contributed by atoms with Crippen LogP contribution in [0.25, 0.3) is 0 Å². The zero-order valence-corrected chi connectivity index (χ0v) is 11.0. The predicted octanol–water partition coefficient (Wildman–Crippen LogP) is 3.53. The number of benzene rings is 1. The van der Waals surface area contributed by atoms with E-state index in [0.29, 0.717) is 5.41 Å². The van der Waals surface area contributed by atoms with E-state index in [1.807, 2.05) is 0 Å². The molecule has 90 valence electrons. The largest absolute Gasteiger partial charge is 0.317 e. The van der Waals surface area contributed by atoms with Crippen LogP contribution >= 0.6 is 12.4 Å². The summed E-state index contributed by atoms with van der Waals surface area (Å²) in [6.07, 6.45) is 5.23. The number of rotatable bonds is 4. The lowest BCUT2D eigenvalue weighted by Gasteiger charge is -2.48. The number of hydrogen-bond acceptors (Lipinski definition) is 1. The third kappa shape index (κ3) is 2.41. The lowest BCUT2D eigenvalue weighted by Crippen LogP contribution is -2.50. The van der Waals surface area contributed by atoms with Crippen molar-refractivity contribution in [3.05, 3.63) is 35.9 Å². The van der Waals surface area contributed by atoms with Crippen molar-refractivity contribution in [2.24, 2.45) is 0 Å².